The first-order valence-electron chi connectivity index (χ1n) is 14.0. The molecule has 0 spiro atoms. The van der Waals surface area contributed by atoms with E-state index in [0.29, 0.717) is 62.5 Å². The summed E-state index contributed by atoms with van der Waals surface area (Å²) in [5, 5.41) is 0. The molecule has 0 aliphatic carbocycles. The molecule has 0 amide bonds. The van der Waals surface area contributed by atoms with Crippen LogP contribution in [-0.4, -0.2) is 36.5 Å². The average molecular weight is 579 g/mol. The van der Waals surface area contributed by atoms with Gasteiger partial charge in [0, 0.05) is 5.56 Å². The number of nitrogens with zero attached hydrogens (tertiary/aromatic N) is 2. The molecule has 4 rings (SSSR count). The van der Waals surface area contributed by atoms with E-state index in [9.17, 15) is 9.59 Å². The lowest BCUT2D eigenvalue weighted by molar-refractivity contribution is -0.139. The molecule has 3 aromatic rings. The summed E-state index contributed by atoms with van der Waals surface area (Å²) in [6.45, 7) is 14.7. The van der Waals surface area contributed by atoms with Crippen molar-refractivity contribution in [2.24, 2.45) is 10.9 Å². The highest BCUT2D eigenvalue weighted by molar-refractivity contribution is 7.07. The number of para-hydroxylation sites is 1. The largest absolute Gasteiger partial charge is 0.491 e. The molecule has 0 saturated carbocycles. The first-order valence-corrected chi connectivity index (χ1v) is 14.8. The highest BCUT2D eigenvalue weighted by Gasteiger charge is 2.35. The lowest BCUT2D eigenvalue weighted by Gasteiger charge is -2.26. The second-order valence-corrected chi connectivity index (χ2v) is 11.4. The molecule has 9 heteroatoms. The fourth-order valence-corrected chi connectivity index (χ4v) is 5.61. The number of aromatic nitrogens is 1. The molecule has 2 heterocycles. The number of fused-ring (bicyclic) bond motifs is 1. The van der Waals surface area contributed by atoms with Gasteiger partial charge in [-0.1, -0.05) is 49.4 Å². The van der Waals surface area contributed by atoms with Crippen LogP contribution in [0.15, 0.2) is 63.5 Å². The lowest BCUT2D eigenvalue weighted by atomic mass is 9.95. The van der Waals surface area contributed by atoms with Gasteiger partial charge < -0.3 is 18.9 Å². The molecule has 1 aromatic heterocycles. The summed E-state index contributed by atoms with van der Waals surface area (Å²) >= 11 is 1.27. The van der Waals surface area contributed by atoms with Gasteiger partial charge >= 0.3 is 5.97 Å². The maximum absolute atomic E-state index is 14.0. The summed E-state index contributed by atoms with van der Waals surface area (Å²) in [5.74, 6) is 1.74. The van der Waals surface area contributed by atoms with Gasteiger partial charge in [0.05, 0.1) is 41.7 Å². The van der Waals surface area contributed by atoms with E-state index < -0.39 is 12.0 Å². The van der Waals surface area contributed by atoms with Crippen LogP contribution in [0.2, 0.25) is 0 Å². The summed E-state index contributed by atoms with van der Waals surface area (Å²) in [6, 6.07) is 12.3. The molecule has 0 fully saturated rings. The first kappa shape index (κ1) is 30.1. The molecule has 0 bridgehead atoms. The van der Waals surface area contributed by atoms with Gasteiger partial charge in [-0.25, -0.2) is 9.79 Å². The Morgan fingerprint density at radius 3 is 2.46 bits per heavy atom. The zero-order chi connectivity index (χ0) is 29.7. The van der Waals surface area contributed by atoms with Gasteiger partial charge in [0.25, 0.3) is 5.56 Å². The third-order valence-electron chi connectivity index (χ3n) is 6.23. The van der Waals surface area contributed by atoms with Gasteiger partial charge in [-0.05, 0) is 70.4 Å². The fraction of sp³-hybridized carbons (Fsp3) is 0.406. The molecule has 218 valence electrons. The molecule has 8 nitrogen and oxygen atoms in total. The summed E-state index contributed by atoms with van der Waals surface area (Å²) in [7, 11) is 0. The van der Waals surface area contributed by atoms with Crippen molar-refractivity contribution < 1.29 is 23.7 Å². The van der Waals surface area contributed by atoms with Crippen LogP contribution in [0.25, 0.3) is 6.08 Å². The number of carbonyl (C=O) groups excluding carboxylic acids is 1. The summed E-state index contributed by atoms with van der Waals surface area (Å²) in [4.78, 5) is 32.5. The summed E-state index contributed by atoms with van der Waals surface area (Å²) < 4.78 is 25.4. The van der Waals surface area contributed by atoms with E-state index in [4.69, 9.17) is 18.9 Å². The van der Waals surface area contributed by atoms with Crippen LogP contribution in [0, 0.1) is 5.92 Å². The monoisotopic (exact) mass is 578 g/mol. The fourth-order valence-electron chi connectivity index (χ4n) is 4.56. The Morgan fingerprint density at radius 2 is 1.78 bits per heavy atom. The Labute approximate surface area is 244 Å². The Kier molecular flexibility index (Phi) is 9.70. The molecular weight excluding hydrogens is 540 g/mol. The SMILES string of the molecule is CCOC(=O)C1=C(C)N=c2s/c(=C\c3ccc(OCC(C)C)c(OCC)c3)c(=O)n2[C@@H]1c1ccccc1OC(C)C. The minimum absolute atomic E-state index is 0.102. The third-order valence-corrected chi connectivity index (χ3v) is 7.21. The minimum atomic E-state index is -0.756. The van der Waals surface area contributed by atoms with Gasteiger partial charge in [0.15, 0.2) is 16.3 Å². The van der Waals surface area contributed by atoms with Crippen molar-refractivity contribution in [3.8, 4) is 17.2 Å². The molecule has 1 aliphatic heterocycles. The van der Waals surface area contributed by atoms with E-state index in [2.05, 4.69) is 18.8 Å². The van der Waals surface area contributed by atoms with Crippen LogP contribution in [0.5, 0.6) is 17.2 Å². The zero-order valence-corrected chi connectivity index (χ0v) is 25.5. The second kappa shape index (κ2) is 13.2. The van der Waals surface area contributed by atoms with Crippen LogP contribution in [0.4, 0.5) is 0 Å². The summed E-state index contributed by atoms with van der Waals surface area (Å²) in [5.41, 5.74) is 2.04. The number of ether oxygens (including phenoxy) is 4. The second-order valence-electron chi connectivity index (χ2n) is 10.4. The van der Waals surface area contributed by atoms with Crippen molar-refractivity contribution in [1.29, 1.82) is 0 Å². The number of rotatable bonds is 11. The maximum Gasteiger partial charge on any atom is 0.338 e. The molecule has 41 heavy (non-hydrogen) atoms. The van der Waals surface area contributed by atoms with Crippen molar-refractivity contribution in [2.75, 3.05) is 19.8 Å². The smallest absolute Gasteiger partial charge is 0.338 e. The molecule has 0 unspecified atom stereocenters. The van der Waals surface area contributed by atoms with Gasteiger partial charge in [0.2, 0.25) is 0 Å². The normalized spacial score (nSPS) is 15.1. The van der Waals surface area contributed by atoms with Gasteiger partial charge in [-0.2, -0.15) is 0 Å². The molecule has 1 atom stereocenters. The van der Waals surface area contributed by atoms with Crippen molar-refractivity contribution in [3.05, 3.63) is 84.5 Å². The number of hydrogen-bond donors (Lipinski definition) is 0. The van der Waals surface area contributed by atoms with Crippen molar-refractivity contribution in [2.45, 2.75) is 60.6 Å². The van der Waals surface area contributed by atoms with E-state index in [1.165, 1.54) is 11.3 Å². The van der Waals surface area contributed by atoms with E-state index in [-0.39, 0.29) is 18.3 Å². The number of benzene rings is 2. The predicted molar refractivity (Wildman–Crippen MR) is 161 cm³/mol. The number of thiazole rings is 1. The minimum Gasteiger partial charge on any atom is -0.491 e. The quantitative estimate of drug-likeness (QED) is 0.297. The Bertz CT molecular complexity index is 1620. The molecule has 0 N–H and O–H groups in total. The van der Waals surface area contributed by atoms with E-state index in [1.807, 2.05) is 69.3 Å². The van der Waals surface area contributed by atoms with Crippen LogP contribution in [0.3, 0.4) is 0 Å². The first-order chi connectivity index (χ1) is 19.6. The topological polar surface area (TPSA) is 88.4 Å². The van der Waals surface area contributed by atoms with Crippen LogP contribution in [0.1, 0.15) is 65.6 Å². The van der Waals surface area contributed by atoms with Gasteiger partial charge in [-0.3, -0.25) is 9.36 Å². The molecule has 1 aliphatic rings. The van der Waals surface area contributed by atoms with Crippen molar-refractivity contribution in [3.63, 3.8) is 0 Å². The highest BCUT2D eigenvalue weighted by atomic mass is 32.1. The number of allylic oxidation sites excluding steroid dienone is 1. The third kappa shape index (κ3) is 6.73. The van der Waals surface area contributed by atoms with Crippen molar-refractivity contribution >= 4 is 23.4 Å². The van der Waals surface area contributed by atoms with Crippen LogP contribution < -0.4 is 29.1 Å². The number of carbonyl (C=O) groups is 1. The maximum atomic E-state index is 14.0. The highest BCUT2D eigenvalue weighted by Crippen LogP contribution is 2.36. The molecule has 0 radical (unpaired) electrons. The Balaban J connectivity index is 1.88. The van der Waals surface area contributed by atoms with Gasteiger partial charge in [0.1, 0.15) is 11.8 Å². The van der Waals surface area contributed by atoms with Crippen molar-refractivity contribution in [1.82, 2.24) is 4.57 Å². The summed E-state index contributed by atoms with van der Waals surface area (Å²) in [6.07, 6.45) is 1.71. The molecule has 0 saturated heterocycles. The van der Waals surface area contributed by atoms with E-state index in [1.54, 1.807) is 18.4 Å². The standard InChI is InChI=1S/C32H38N2O6S/c1-8-37-26-16-22(14-15-25(26)39-18-19(3)4)17-27-30(35)34-29(23-12-10-11-13-24(23)40-20(5)6)28(31(36)38-9-2)21(7)33-32(34)41-27/h10-17,19-20,29H,8-9,18H2,1-7H3/b27-17-/t29-/m1/s1. The number of esters is 1. The van der Waals surface area contributed by atoms with Crippen LogP contribution >= 0.6 is 11.3 Å². The predicted octanol–water partition coefficient (Wildman–Crippen LogP) is 5.02. The number of hydrogen-bond acceptors (Lipinski definition) is 8. The Morgan fingerprint density at radius 1 is 1.02 bits per heavy atom. The van der Waals surface area contributed by atoms with E-state index in [0.717, 1.165) is 5.56 Å². The molecule has 2 aromatic carbocycles. The Hall–Kier alpha value is -3.85. The average Bonchev–Trinajstić information content (AvgIpc) is 3.21. The van der Waals surface area contributed by atoms with E-state index >= 15 is 0 Å². The lowest BCUT2D eigenvalue weighted by Crippen LogP contribution is -2.40. The molecular formula is C32H38N2O6S. The zero-order valence-electron chi connectivity index (χ0n) is 24.7. The van der Waals surface area contributed by atoms with Gasteiger partial charge in [-0.15, -0.1) is 0 Å². The van der Waals surface area contributed by atoms with Crippen LogP contribution in [-0.2, 0) is 9.53 Å².